The number of carbonyl (C=O) groups is 1. The maximum absolute atomic E-state index is 12.2. The van der Waals surface area contributed by atoms with E-state index in [1.54, 1.807) is 6.33 Å². The monoisotopic (exact) mass is 342 g/mol. The van der Waals surface area contributed by atoms with Crippen LogP contribution in [0.1, 0.15) is 21.5 Å². The van der Waals surface area contributed by atoms with Gasteiger partial charge in [0.1, 0.15) is 12.0 Å². The molecule has 5 nitrogen and oxygen atoms in total. The summed E-state index contributed by atoms with van der Waals surface area (Å²) < 4.78 is 0. The molecule has 0 saturated carbocycles. The van der Waals surface area contributed by atoms with Crippen LogP contribution in [0.2, 0.25) is 0 Å². The van der Waals surface area contributed by atoms with E-state index >= 15 is 0 Å². The van der Waals surface area contributed by atoms with Crippen molar-refractivity contribution in [1.29, 1.82) is 0 Å². The lowest BCUT2D eigenvalue weighted by molar-refractivity contribution is 0.0951. The van der Waals surface area contributed by atoms with Gasteiger partial charge in [-0.25, -0.2) is 9.97 Å². The van der Waals surface area contributed by atoms with Gasteiger partial charge in [0.2, 0.25) is 0 Å². The zero-order valence-electron chi connectivity index (χ0n) is 14.4. The number of nitrogens with one attached hydrogen (secondary N) is 2. The molecule has 0 aliphatic heterocycles. The maximum Gasteiger partial charge on any atom is 0.251 e. The normalized spacial score (nSPS) is 10.8. The van der Waals surface area contributed by atoms with Crippen molar-refractivity contribution in [1.82, 2.24) is 20.3 Å². The van der Waals surface area contributed by atoms with Crippen molar-refractivity contribution in [3.63, 3.8) is 0 Å². The molecular weight excluding hydrogens is 324 g/mol. The van der Waals surface area contributed by atoms with Crippen LogP contribution in [-0.4, -0.2) is 20.9 Å². The van der Waals surface area contributed by atoms with Crippen LogP contribution in [0.5, 0.6) is 0 Å². The quantitative estimate of drug-likeness (QED) is 0.591. The van der Waals surface area contributed by atoms with E-state index in [1.165, 1.54) is 0 Å². The number of hydrogen-bond donors (Lipinski definition) is 2. The Morgan fingerprint density at radius 1 is 1.00 bits per heavy atom. The van der Waals surface area contributed by atoms with Crippen LogP contribution in [0.15, 0.2) is 67.1 Å². The van der Waals surface area contributed by atoms with Gasteiger partial charge in [-0.3, -0.25) is 4.79 Å². The summed E-state index contributed by atoms with van der Waals surface area (Å²) in [6, 6.07) is 17.6. The van der Waals surface area contributed by atoms with Crippen molar-refractivity contribution >= 4 is 16.9 Å². The first-order valence-corrected chi connectivity index (χ1v) is 8.43. The first-order chi connectivity index (χ1) is 12.7. The van der Waals surface area contributed by atoms with Crippen LogP contribution in [0.25, 0.3) is 22.3 Å². The Bertz CT molecular complexity index is 1050. The van der Waals surface area contributed by atoms with Crippen molar-refractivity contribution in [2.45, 2.75) is 13.5 Å². The lowest BCUT2D eigenvalue weighted by Crippen LogP contribution is -2.22. The number of carbonyl (C=O) groups excluding carboxylic acids is 1. The molecule has 5 heteroatoms. The van der Waals surface area contributed by atoms with E-state index in [0.29, 0.717) is 12.1 Å². The molecule has 0 atom stereocenters. The summed E-state index contributed by atoms with van der Waals surface area (Å²) in [4.78, 5) is 23.9. The molecule has 0 spiro atoms. The fourth-order valence-electron chi connectivity index (χ4n) is 2.87. The Balaban J connectivity index is 1.47. The number of amides is 1. The molecular formula is C21H18N4O. The largest absolute Gasteiger partial charge is 0.348 e. The number of aromatic nitrogens is 3. The molecule has 2 N–H and O–H groups in total. The molecule has 2 aromatic carbocycles. The Morgan fingerprint density at radius 3 is 2.54 bits per heavy atom. The number of aromatic amines is 1. The van der Waals surface area contributed by atoms with Gasteiger partial charge in [0, 0.05) is 29.3 Å². The molecule has 0 saturated heterocycles. The van der Waals surface area contributed by atoms with E-state index in [2.05, 4.69) is 20.3 Å². The van der Waals surface area contributed by atoms with Crippen molar-refractivity contribution in [2.24, 2.45) is 0 Å². The lowest BCUT2D eigenvalue weighted by atomic mass is 10.1. The van der Waals surface area contributed by atoms with E-state index in [-0.39, 0.29) is 5.91 Å². The molecule has 4 aromatic rings. The van der Waals surface area contributed by atoms with Gasteiger partial charge >= 0.3 is 0 Å². The van der Waals surface area contributed by atoms with Gasteiger partial charge in [0.05, 0.1) is 5.69 Å². The van der Waals surface area contributed by atoms with E-state index < -0.39 is 0 Å². The second-order valence-electron chi connectivity index (χ2n) is 6.21. The third kappa shape index (κ3) is 3.19. The minimum absolute atomic E-state index is 0.0705. The first-order valence-electron chi connectivity index (χ1n) is 8.43. The fraction of sp³-hybridized carbons (Fsp3) is 0.0952. The standard InChI is InChI=1S/C21H18N4O/c1-14-2-6-17(7-3-14)21(26)23-12-15-4-8-16(9-5-15)19-18-10-11-22-20(18)25-13-24-19/h2-11,13H,12H2,1H3,(H,23,26)(H,22,24,25). The Labute approximate surface area is 151 Å². The number of aryl methyl sites for hydroxylation is 1. The van der Waals surface area contributed by atoms with Crippen molar-refractivity contribution in [3.8, 4) is 11.3 Å². The van der Waals surface area contributed by atoms with Gasteiger partial charge in [-0.1, -0.05) is 42.0 Å². The van der Waals surface area contributed by atoms with Gasteiger partial charge in [-0.2, -0.15) is 0 Å². The Kier molecular flexibility index (Phi) is 4.19. The average molecular weight is 342 g/mol. The number of H-pyrrole nitrogens is 1. The minimum Gasteiger partial charge on any atom is -0.348 e. The highest BCUT2D eigenvalue weighted by atomic mass is 16.1. The van der Waals surface area contributed by atoms with Gasteiger partial charge < -0.3 is 10.3 Å². The summed E-state index contributed by atoms with van der Waals surface area (Å²) in [5.74, 6) is -0.0705. The smallest absolute Gasteiger partial charge is 0.251 e. The maximum atomic E-state index is 12.2. The number of hydrogen-bond acceptors (Lipinski definition) is 3. The predicted octanol–water partition coefficient (Wildman–Crippen LogP) is 3.86. The number of fused-ring (bicyclic) bond motifs is 1. The average Bonchev–Trinajstić information content (AvgIpc) is 3.16. The molecule has 0 aliphatic rings. The van der Waals surface area contributed by atoms with E-state index in [1.807, 2.05) is 67.7 Å². The Hall–Kier alpha value is -3.47. The molecule has 26 heavy (non-hydrogen) atoms. The van der Waals surface area contributed by atoms with Crippen molar-refractivity contribution < 1.29 is 4.79 Å². The zero-order valence-corrected chi connectivity index (χ0v) is 14.4. The van der Waals surface area contributed by atoms with E-state index in [9.17, 15) is 4.79 Å². The fourth-order valence-corrected chi connectivity index (χ4v) is 2.87. The summed E-state index contributed by atoms with van der Waals surface area (Å²) in [6.07, 6.45) is 3.42. The molecule has 2 aromatic heterocycles. The summed E-state index contributed by atoms with van der Waals surface area (Å²) in [7, 11) is 0. The second-order valence-corrected chi connectivity index (χ2v) is 6.21. The van der Waals surface area contributed by atoms with Crippen LogP contribution >= 0.6 is 0 Å². The summed E-state index contributed by atoms with van der Waals surface area (Å²) in [5.41, 5.74) is 5.58. The molecule has 0 radical (unpaired) electrons. The SMILES string of the molecule is Cc1ccc(C(=O)NCc2ccc(-c3ncnc4[nH]ccc34)cc2)cc1. The van der Waals surface area contributed by atoms with E-state index in [4.69, 9.17) is 0 Å². The summed E-state index contributed by atoms with van der Waals surface area (Å²) in [5, 5.41) is 3.94. The number of benzene rings is 2. The minimum atomic E-state index is -0.0705. The Morgan fingerprint density at radius 2 is 1.77 bits per heavy atom. The third-order valence-electron chi connectivity index (χ3n) is 4.35. The second kappa shape index (κ2) is 6.80. The summed E-state index contributed by atoms with van der Waals surface area (Å²) >= 11 is 0. The van der Waals surface area contributed by atoms with Gasteiger partial charge in [0.25, 0.3) is 5.91 Å². The summed E-state index contributed by atoms with van der Waals surface area (Å²) in [6.45, 7) is 2.48. The van der Waals surface area contributed by atoms with Crippen LogP contribution in [-0.2, 0) is 6.54 Å². The van der Waals surface area contributed by atoms with Gasteiger partial charge in [-0.15, -0.1) is 0 Å². The molecule has 0 bridgehead atoms. The number of nitrogens with zero attached hydrogens (tertiary/aromatic N) is 2. The molecule has 0 aliphatic carbocycles. The van der Waals surface area contributed by atoms with Crippen LogP contribution < -0.4 is 5.32 Å². The predicted molar refractivity (Wildman–Crippen MR) is 102 cm³/mol. The van der Waals surface area contributed by atoms with Crippen LogP contribution in [0.4, 0.5) is 0 Å². The number of rotatable bonds is 4. The molecule has 2 heterocycles. The lowest BCUT2D eigenvalue weighted by Gasteiger charge is -2.07. The van der Waals surface area contributed by atoms with E-state index in [0.717, 1.165) is 33.4 Å². The highest BCUT2D eigenvalue weighted by Gasteiger charge is 2.08. The van der Waals surface area contributed by atoms with Crippen LogP contribution in [0.3, 0.4) is 0 Å². The zero-order chi connectivity index (χ0) is 17.9. The molecule has 4 rings (SSSR count). The highest BCUT2D eigenvalue weighted by molar-refractivity contribution is 5.94. The van der Waals surface area contributed by atoms with Crippen molar-refractivity contribution in [3.05, 3.63) is 83.8 Å². The highest BCUT2D eigenvalue weighted by Crippen LogP contribution is 2.24. The van der Waals surface area contributed by atoms with Crippen LogP contribution in [0, 0.1) is 6.92 Å². The topological polar surface area (TPSA) is 70.7 Å². The van der Waals surface area contributed by atoms with Gasteiger partial charge in [0.15, 0.2) is 0 Å². The third-order valence-corrected chi connectivity index (χ3v) is 4.35. The molecule has 0 fully saturated rings. The molecule has 0 unspecified atom stereocenters. The first kappa shape index (κ1) is 16.0. The van der Waals surface area contributed by atoms with Gasteiger partial charge in [-0.05, 0) is 30.7 Å². The molecule has 128 valence electrons. The molecule has 1 amide bonds. The van der Waals surface area contributed by atoms with Crippen molar-refractivity contribution in [2.75, 3.05) is 0 Å².